The number of benzene rings is 2. The van der Waals surface area contributed by atoms with Crippen LogP contribution in [-0.2, 0) is 6.42 Å². The molecule has 0 aliphatic rings. The first-order chi connectivity index (χ1) is 14.0. The van der Waals surface area contributed by atoms with Crippen molar-refractivity contribution in [3.8, 4) is 0 Å². The fourth-order valence-electron chi connectivity index (χ4n) is 2.80. The number of amides is 1. The van der Waals surface area contributed by atoms with E-state index in [9.17, 15) is 19.7 Å². The van der Waals surface area contributed by atoms with Gasteiger partial charge in [-0.1, -0.05) is 30.3 Å². The Hall–Kier alpha value is -4.34. The van der Waals surface area contributed by atoms with Gasteiger partial charge in [-0.25, -0.2) is 0 Å². The third kappa shape index (κ3) is 3.86. The number of H-pyrrole nitrogens is 1. The molecule has 0 bridgehead atoms. The van der Waals surface area contributed by atoms with Crippen LogP contribution in [0.25, 0.3) is 5.78 Å². The number of hydrogen-bond donors (Lipinski definition) is 2. The Morgan fingerprint density at radius 3 is 2.55 bits per heavy atom. The number of aromatic nitrogens is 4. The van der Waals surface area contributed by atoms with Crippen LogP contribution in [0.5, 0.6) is 0 Å². The predicted molar refractivity (Wildman–Crippen MR) is 104 cm³/mol. The van der Waals surface area contributed by atoms with Crippen LogP contribution in [0.15, 0.2) is 65.5 Å². The number of nitrogens with zero attached hydrogens (tertiary/aromatic N) is 4. The Kier molecular flexibility index (Phi) is 4.57. The summed E-state index contributed by atoms with van der Waals surface area (Å²) in [4.78, 5) is 41.5. The number of anilines is 1. The van der Waals surface area contributed by atoms with Gasteiger partial charge in [-0.15, -0.1) is 5.10 Å². The fourth-order valence-corrected chi connectivity index (χ4v) is 2.80. The molecule has 10 nitrogen and oxygen atoms in total. The molecule has 2 heterocycles. The highest BCUT2D eigenvalue weighted by Crippen LogP contribution is 2.14. The zero-order valence-corrected chi connectivity index (χ0v) is 14.9. The third-order valence-corrected chi connectivity index (χ3v) is 4.17. The van der Waals surface area contributed by atoms with E-state index in [-0.39, 0.29) is 22.8 Å². The van der Waals surface area contributed by atoms with Gasteiger partial charge in [0.05, 0.1) is 4.92 Å². The van der Waals surface area contributed by atoms with Crippen molar-refractivity contribution in [1.82, 2.24) is 19.6 Å². The van der Waals surface area contributed by atoms with Crippen molar-refractivity contribution >= 4 is 23.2 Å². The summed E-state index contributed by atoms with van der Waals surface area (Å²) in [6.45, 7) is 0. The molecule has 0 radical (unpaired) electrons. The highest BCUT2D eigenvalue weighted by molar-refractivity contribution is 6.04. The maximum atomic E-state index is 12.5. The van der Waals surface area contributed by atoms with E-state index in [1.807, 2.05) is 30.3 Å². The number of nitrogens with one attached hydrogen (secondary N) is 2. The van der Waals surface area contributed by atoms with E-state index in [0.29, 0.717) is 12.2 Å². The molecule has 0 aliphatic carbocycles. The molecule has 10 heteroatoms. The van der Waals surface area contributed by atoms with Crippen molar-refractivity contribution in [1.29, 1.82) is 0 Å². The minimum absolute atomic E-state index is 0.123. The number of carbonyl (C=O) groups is 1. The molecule has 0 fully saturated rings. The number of fused-ring (bicyclic) bond motifs is 1. The molecule has 1 amide bonds. The molecule has 2 aromatic heterocycles. The molecule has 0 unspecified atom stereocenters. The van der Waals surface area contributed by atoms with Crippen molar-refractivity contribution in [2.45, 2.75) is 6.42 Å². The first kappa shape index (κ1) is 18.0. The monoisotopic (exact) mass is 390 g/mol. The first-order valence-corrected chi connectivity index (χ1v) is 8.58. The second-order valence-electron chi connectivity index (χ2n) is 6.20. The molecule has 0 aliphatic heterocycles. The standard InChI is InChI=1S/C19H14N6O4/c26-17-11-16(21-18(27)13-6-8-14(9-7-13)25(28)29)24-19(22-17)20-15(23-24)10-12-4-2-1-3-5-12/h1-9,11H,10H2,(H,21,27)(H,20,22,23,26). The van der Waals surface area contributed by atoms with Crippen LogP contribution < -0.4 is 10.9 Å². The largest absolute Gasteiger partial charge is 0.306 e. The Labute approximate surface area is 163 Å². The van der Waals surface area contributed by atoms with Crippen LogP contribution >= 0.6 is 0 Å². The zero-order chi connectivity index (χ0) is 20.4. The van der Waals surface area contributed by atoms with E-state index in [2.05, 4.69) is 20.4 Å². The molecule has 0 atom stereocenters. The molecule has 0 spiro atoms. The van der Waals surface area contributed by atoms with E-state index in [1.54, 1.807) is 0 Å². The van der Waals surface area contributed by atoms with Crippen LogP contribution in [0, 0.1) is 10.1 Å². The summed E-state index contributed by atoms with van der Waals surface area (Å²) in [5.41, 5.74) is 0.632. The molecular formula is C19H14N6O4. The molecule has 4 aromatic rings. The Balaban J connectivity index is 1.63. The lowest BCUT2D eigenvalue weighted by atomic mass is 10.1. The number of rotatable bonds is 5. The molecule has 2 N–H and O–H groups in total. The zero-order valence-electron chi connectivity index (χ0n) is 14.9. The van der Waals surface area contributed by atoms with Crippen LogP contribution in [-0.4, -0.2) is 30.4 Å². The molecule has 144 valence electrons. The number of carbonyl (C=O) groups excluding carboxylic acids is 1. The summed E-state index contributed by atoms with van der Waals surface area (Å²) < 4.78 is 1.34. The molecule has 2 aromatic carbocycles. The lowest BCUT2D eigenvalue weighted by molar-refractivity contribution is -0.384. The van der Waals surface area contributed by atoms with E-state index in [4.69, 9.17) is 0 Å². The number of non-ortho nitro benzene ring substituents is 1. The number of aromatic amines is 1. The van der Waals surface area contributed by atoms with E-state index >= 15 is 0 Å². The maximum Gasteiger partial charge on any atom is 0.269 e. The van der Waals surface area contributed by atoms with E-state index < -0.39 is 16.4 Å². The average molecular weight is 390 g/mol. The second kappa shape index (κ2) is 7.35. The predicted octanol–water partition coefficient (Wildman–Crippen LogP) is 2.17. The van der Waals surface area contributed by atoms with Crippen molar-refractivity contribution in [3.63, 3.8) is 0 Å². The Bertz CT molecular complexity index is 1260. The van der Waals surface area contributed by atoms with Crippen LogP contribution in [0.1, 0.15) is 21.7 Å². The van der Waals surface area contributed by atoms with Gasteiger partial charge in [0.2, 0.25) is 5.78 Å². The number of nitro groups is 1. The highest BCUT2D eigenvalue weighted by Gasteiger charge is 2.14. The molecule has 29 heavy (non-hydrogen) atoms. The minimum Gasteiger partial charge on any atom is -0.306 e. The molecular weight excluding hydrogens is 376 g/mol. The normalized spacial score (nSPS) is 10.8. The summed E-state index contributed by atoms with van der Waals surface area (Å²) in [6, 6.07) is 15.9. The molecule has 0 saturated carbocycles. The Morgan fingerprint density at radius 1 is 1.14 bits per heavy atom. The van der Waals surface area contributed by atoms with Gasteiger partial charge in [-0.2, -0.15) is 9.50 Å². The van der Waals surface area contributed by atoms with Crippen molar-refractivity contribution < 1.29 is 9.72 Å². The van der Waals surface area contributed by atoms with Crippen molar-refractivity contribution in [3.05, 3.63) is 98.1 Å². The SMILES string of the molecule is O=C(Nc1cc(=O)[nH]c2nc(Cc3ccccc3)nn12)c1ccc([N+](=O)[O-])cc1. The van der Waals surface area contributed by atoms with Gasteiger partial charge in [-0.05, 0) is 17.7 Å². The van der Waals surface area contributed by atoms with E-state index in [1.165, 1.54) is 34.8 Å². The van der Waals surface area contributed by atoms with Crippen LogP contribution in [0.2, 0.25) is 0 Å². The van der Waals surface area contributed by atoms with Gasteiger partial charge in [0, 0.05) is 30.2 Å². The van der Waals surface area contributed by atoms with Crippen LogP contribution in [0.3, 0.4) is 0 Å². The topological polar surface area (TPSA) is 135 Å². The van der Waals surface area contributed by atoms with Gasteiger partial charge in [0.1, 0.15) is 5.82 Å². The summed E-state index contributed by atoms with van der Waals surface area (Å²) in [6.07, 6.45) is 0.459. The number of nitro benzene ring substituents is 1. The minimum atomic E-state index is -0.550. The maximum absolute atomic E-state index is 12.5. The first-order valence-electron chi connectivity index (χ1n) is 8.58. The second-order valence-corrected chi connectivity index (χ2v) is 6.20. The lowest BCUT2D eigenvalue weighted by Gasteiger charge is -2.06. The van der Waals surface area contributed by atoms with Gasteiger partial charge in [0.25, 0.3) is 17.2 Å². The quantitative estimate of drug-likeness (QED) is 0.396. The molecule has 4 rings (SSSR count). The summed E-state index contributed by atoms with van der Waals surface area (Å²) in [5.74, 6) is 0.275. The smallest absolute Gasteiger partial charge is 0.269 e. The van der Waals surface area contributed by atoms with Gasteiger partial charge in [-0.3, -0.25) is 24.7 Å². The highest BCUT2D eigenvalue weighted by atomic mass is 16.6. The van der Waals surface area contributed by atoms with Crippen LogP contribution in [0.4, 0.5) is 11.5 Å². The van der Waals surface area contributed by atoms with Gasteiger partial charge >= 0.3 is 0 Å². The third-order valence-electron chi connectivity index (χ3n) is 4.17. The summed E-state index contributed by atoms with van der Waals surface area (Å²) in [7, 11) is 0. The van der Waals surface area contributed by atoms with Crippen molar-refractivity contribution in [2.24, 2.45) is 0 Å². The molecule has 0 saturated heterocycles. The number of hydrogen-bond acceptors (Lipinski definition) is 6. The summed E-state index contributed by atoms with van der Waals surface area (Å²) >= 11 is 0. The lowest BCUT2D eigenvalue weighted by Crippen LogP contribution is -2.18. The van der Waals surface area contributed by atoms with Gasteiger partial charge < -0.3 is 5.32 Å². The van der Waals surface area contributed by atoms with E-state index in [0.717, 1.165) is 5.56 Å². The van der Waals surface area contributed by atoms with Crippen molar-refractivity contribution in [2.75, 3.05) is 5.32 Å². The fraction of sp³-hybridized carbons (Fsp3) is 0.0526. The Morgan fingerprint density at radius 2 is 1.86 bits per heavy atom. The average Bonchev–Trinajstić information content (AvgIpc) is 3.11. The van der Waals surface area contributed by atoms with Gasteiger partial charge in [0.15, 0.2) is 5.82 Å². The summed E-state index contributed by atoms with van der Waals surface area (Å²) in [5, 5.41) is 17.7.